The lowest BCUT2D eigenvalue weighted by molar-refractivity contribution is -0.137. The number of pyridine rings is 2. The molecule has 0 spiro atoms. The van der Waals surface area contributed by atoms with Gasteiger partial charge in [-0.2, -0.15) is 23.1 Å². The van der Waals surface area contributed by atoms with Gasteiger partial charge < -0.3 is 30.6 Å². The van der Waals surface area contributed by atoms with Gasteiger partial charge in [-0.25, -0.2) is 14.4 Å². The van der Waals surface area contributed by atoms with Gasteiger partial charge in [0, 0.05) is 30.4 Å². The van der Waals surface area contributed by atoms with Gasteiger partial charge in [0.25, 0.3) is 0 Å². The standard InChI is InChI=1S/C31H31ClF4N8O3/c1-14-10-19(37)40-25(22(14)31(34,35)36)20-23(32)27-21-26(24(20)33)41-30(47-13-17-11-16-12-45-8-6-44(16)17)42-29(21)43(7-9-46-27)15(2)18-4-3-5-39-28(18)38/h3-5,10,15-17H,6-9,11-13H2,1-2H3,(H2,37,40)(H2,38,39)/t15-,16-,17-/m1/s1. The molecule has 4 aromatic rings. The van der Waals surface area contributed by atoms with Crippen molar-refractivity contribution >= 4 is 40.0 Å². The van der Waals surface area contributed by atoms with Crippen LogP contribution >= 0.6 is 11.6 Å². The number of fused-ring (bicyclic) bond motifs is 1. The molecule has 0 saturated carbocycles. The van der Waals surface area contributed by atoms with Gasteiger partial charge in [0.1, 0.15) is 36.2 Å². The molecule has 3 aliphatic heterocycles. The van der Waals surface area contributed by atoms with Crippen molar-refractivity contribution in [3.05, 3.63) is 51.9 Å². The Labute approximate surface area is 271 Å². The number of aryl methyl sites for hydroxylation is 1. The minimum atomic E-state index is -4.90. The summed E-state index contributed by atoms with van der Waals surface area (Å²) in [7, 11) is 0. The Morgan fingerprint density at radius 1 is 1.17 bits per heavy atom. The van der Waals surface area contributed by atoms with Crippen LogP contribution in [0.5, 0.6) is 11.8 Å². The van der Waals surface area contributed by atoms with Gasteiger partial charge in [0.15, 0.2) is 11.6 Å². The molecule has 47 heavy (non-hydrogen) atoms. The van der Waals surface area contributed by atoms with E-state index in [-0.39, 0.29) is 65.7 Å². The van der Waals surface area contributed by atoms with Gasteiger partial charge in [0.05, 0.1) is 53.0 Å². The first-order valence-electron chi connectivity index (χ1n) is 15.1. The maximum absolute atomic E-state index is 16.9. The highest BCUT2D eigenvalue weighted by atomic mass is 35.5. The lowest BCUT2D eigenvalue weighted by Gasteiger charge is -2.50. The maximum Gasteiger partial charge on any atom is 0.418 e. The van der Waals surface area contributed by atoms with Crippen LogP contribution in [0.3, 0.4) is 0 Å². The number of hydrogen-bond acceptors (Lipinski definition) is 11. The Morgan fingerprint density at radius 3 is 2.72 bits per heavy atom. The van der Waals surface area contributed by atoms with Crippen molar-refractivity contribution in [2.75, 3.05) is 55.9 Å². The molecule has 6 heterocycles. The van der Waals surface area contributed by atoms with Crippen molar-refractivity contribution in [1.29, 1.82) is 0 Å². The predicted molar refractivity (Wildman–Crippen MR) is 167 cm³/mol. The van der Waals surface area contributed by atoms with Crippen molar-refractivity contribution < 1.29 is 31.8 Å². The van der Waals surface area contributed by atoms with Crippen molar-refractivity contribution in [2.45, 2.75) is 44.6 Å². The number of nitrogen functional groups attached to an aromatic ring is 2. The van der Waals surface area contributed by atoms with E-state index in [1.807, 2.05) is 17.9 Å². The van der Waals surface area contributed by atoms with Gasteiger partial charge in [0.2, 0.25) is 0 Å². The van der Waals surface area contributed by atoms with Gasteiger partial charge in [-0.1, -0.05) is 17.7 Å². The second-order valence-electron chi connectivity index (χ2n) is 11.8. The van der Waals surface area contributed by atoms with E-state index >= 15 is 4.39 Å². The third kappa shape index (κ3) is 5.39. The highest BCUT2D eigenvalue weighted by Crippen LogP contribution is 2.51. The Morgan fingerprint density at radius 2 is 1.98 bits per heavy atom. The zero-order valence-electron chi connectivity index (χ0n) is 25.4. The van der Waals surface area contributed by atoms with E-state index in [0.29, 0.717) is 30.6 Å². The molecule has 16 heteroatoms. The molecule has 3 aliphatic rings. The van der Waals surface area contributed by atoms with E-state index in [1.54, 1.807) is 12.3 Å². The minimum absolute atomic E-state index is 0.0208. The van der Waals surface area contributed by atoms with E-state index in [0.717, 1.165) is 19.0 Å². The molecule has 2 fully saturated rings. The van der Waals surface area contributed by atoms with Crippen molar-refractivity contribution in [3.63, 3.8) is 0 Å². The smallest absolute Gasteiger partial charge is 0.418 e. The van der Waals surface area contributed by atoms with Crippen LogP contribution in [0.25, 0.3) is 22.2 Å². The normalized spacial score (nSPS) is 20.3. The summed E-state index contributed by atoms with van der Waals surface area (Å²) in [6, 6.07) is 4.40. The number of alkyl halides is 3. The number of halogens is 5. The fraction of sp³-hybridized carbons (Fsp3) is 0.419. The number of ether oxygens (including phenoxy) is 3. The predicted octanol–water partition coefficient (Wildman–Crippen LogP) is 5.18. The molecule has 11 nitrogen and oxygen atoms in total. The lowest BCUT2D eigenvalue weighted by atomic mass is 9.93. The van der Waals surface area contributed by atoms with E-state index in [1.165, 1.54) is 6.92 Å². The molecule has 0 unspecified atom stereocenters. The molecule has 248 valence electrons. The molecule has 7 rings (SSSR count). The number of morpholine rings is 1. The van der Waals surface area contributed by atoms with Gasteiger partial charge in [-0.05, 0) is 38.0 Å². The number of nitrogens with two attached hydrogens (primary N) is 2. The molecule has 0 bridgehead atoms. The number of rotatable bonds is 6. The molecule has 2 saturated heterocycles. The van der Waals surface area contributed by atoms with Crippen LogP contribution in [0.1, 0.15) is 36.1 Å². The zero-order valence-corrected chi connectivity index (χ0v) is 26.2. The first-order valence-corrected chi connectivity index (χ1v) is 15.4. The Hall–Kier alpha value is -4.21. The third-order valence-electron chi connectivity index (χ3n) is 9.03. The van der Waals surface area contributed by atoms with Crippen LogP contribution in [-0.2, 0) is 10.9 Å². The second kappa shape index (κ2) is 11.8. The average molecular weight is 675 g/mol. The SMILES string of the molecule is Cc1cc(N)nc(-c2c(Cl)c3c4c(nc(OC[C@H]5C[C@@H]6COCCN65)nc4c2F)N([C@H](C)c2cccnc2N)CCO3)c1C(F)(F)F. The quantitative estimate of drug-likeness (QED) is 0.262. The van der Waals surface area contributed by atoms with Crippen LogP contribution in [-0.4, -0.2) is 76.4 Å². The Bertz CT molecular complexity index is 1880. The number of anilines is 3. The lowest BCUT2D eigenvalue weighted by Crippen LogP contribution is -2.63. The summed E-state index contributed by atoms with van der Waals surface area (Å²) in [4.78, 5) is 21.4. The molecular weight excluding hydrogens is 644 g/mol. The maximum atomic E-state index is 16.9. The van der Waals surface area contributed by atoms with E-state index in [2.05, 4.69) is 19.9 Å². The number of nitrogens with zero attached hydrogens (tertiary/aromatic N) is 6. The fourth-order valence-corrected chi connectivity index (χ4v) is 7.09. The monoisotopic (exact) mass is 674 g/mol. The second-order valence-corrected chi connectivity index (χ2v) is 12.2. The van der Waals surface area contributed by atoms with E-state index < -0.39 is 39.9 Å². The summed E-state index contributed by atoms with van der Waals surface area (Å²) in [6.07, 6.45) is -2.49. The van der Waals surface area contributed by atoms with Crippen molar-refractivity contribution in [3.8, 4) is 23.0 Å². The number of benzene rings is 1. The molecule has 4 N–H and O–H groups in total. The molecular formula is C31H31ClF4N8O3. The zero-order chi connectivity index (χ0) is 33.2. The summed E-state index contributed by atoms with van der Waals surface area (Å²) in [5, 5.41) is -0.346. The molecule has 3 atom stereocenters. The summed E-state index contributed by atoms with van der Waals surface area (Å²) in [5.74, 6) is -0.971. The molecule has 0 amide bonds. The Balaban J connectivity index is 1.42. The van der Waals surface area contributed by atoms with Crippen LogP contribution in [0.4, 0.5) is 35.0 Å². The Kier molecular flexibility index (Phi) is 7.88. The average Bonchev–Trinajstić information content (AvgIpc) is 3.19. The third-order valence-corrected chi connectivity index (χ3v) is 9.39. The van der Waals surface area contributed by atoms with Gasteiger partial charge in [-0.3, -0.25) is 4.90 Å². The molecule has 3 aromatic heterocycles. The van der Waals surface area contributed by atoms with Crippen LogP contribution < -0.4 is 25.8 Å². The number of hydrogen-bond donors (Lipinski definition) is 2. The number of aromatic nitrogens is 4. The summed E-state index contributed by atoms with van der Waals surface area (Å²) in [5.41, 5.74) is 9.60. The van der Waals surface area contributed by atoms with E-state index in [4.69, 9.17) is 42.3 Å². The topological polar surface area (TPSA) is 138 Å². The van der Waals surface area contributed by atoms with Crippen LogP contribution in [0.2, 0.25) is 5.02 Å². The van der Waals surface area contributed by atoms with Crippen molar-refractivity contribution in [1.82, 2.24) is 24.8 Å². The van der Waals surface area contributed by atoms with Crippen LogP contribution in [0.15, 0.2) is 24.4 Å². The van der Waals surface area contributed by atoms with Crippen LogP contribution in [0, 0.1) is 12.7 Å². The molecule has 0 aliphatic carbocycles. The van der Waals surface area contributed by atoms with Gasteiger partial charge >= 0.3 is 12.2 Å². The first kappa shape index (κ1) is 31.4. The summed E-state index contributed by atoms with van der Waals surface area (Å²) in [6.45, 7) is 5.57. The van der Waals surface area contributed by atoms with Gasteiger partial charge in [-0.15, -0.1) is 0 Å². The van der Waals surface area contributed by atoms with E-state index in [9.17, 15) is 13.2 Å². The van der Waals surface area contributed by atoms with Crippen molar-refractivity contribution in [2.24, 2.45) is 0 Å². The molecule has 1 aromatic carbocycles. The minimum Gasteiger partial charge on any atom is -0.489 e. The first-order chi connectivity index (χ1) is 22.4. The fourth-order valence-electron chi connectivity index (χ4n) is 6.77. The summed E-state index contributed by atoms with van der Waals surface area (Å²) < 4.78 is 77.8. The largest absolute Gasteiger partial charge is 0.489 e. The summed E-state index contributed by atoms with van der Waals surface area (Å²) >= 11 is 6.77. The highest BCUT2D eigenvalue weighted by Gasteiger charge is 2.42. The molecule has 0 radical (unpaired) electrons. The highest BCUT2D eigenvalue weighted by molar-refractivity contribution is 6.36.